The number of aliphatic hydroxyl groups is 2. The Labute approximate surface area is 184 Å². The second-order valence-corrected chi connectivity index (χ2v) is 8.76. The molecule has 0 unspecified atom stereocenters. The molecule has 0 aromatic heterocycles. The number of hydrogen-bond donors (Lipinski definition) is 3. The smallest absolute Gasteiger partial charge is 0.0976 e. The van der Waals surface area contributed by atoms with Gasteiger partial charge in [-0.3, -0.25) is 0 Å². The van der Waals surface area contributed by atoms with Crippen LogP contribution in [0.4, 0.5) is 0 Å². The van der Waals surface area contributed by atoms with Gasteiger partial charge < -0.3 is 15.5 Å². The Morgan fingerprint density at radius 1 is 0.931 bits per heavy atom. The van der Waals surface area contributed by atoms with E-state index in [0.29, 0.717) is 6.54 Å². The molecule has 0 saturated heterocycles. The fraction of sp³-hybridized carbons (Fsp3) is 0.520. The highest BCUT2D eigenvalue weighted by Gasteiger charge is 2.38. The van der Waals surface area contributed by atoms with Crippen molar-refractivity contribution >= 4 is 15.9 Å². The van der Waals surface area contributed by atoms with Gasteiger partial charge in [0.25, 0.3) is 0 Å². The fourth-order valence-corrected chi connectivity index (χ4v) is 4.20. The molecule has 0 aliphatic heterocycles. The maximum Gasteiger partial charge on any atom is 0.0976 e. The Bertz CT molecular complexity index is 677. The molecule has 0 bridgehead atoms. The fourth-order valence-electron chi connectivity index (χ4n) is 3.94. The van der Waals surface area contributed by atoms with E-state index in [4.69, 9.17) is 5.11 Å². The highest BCUT2D eigenvalue weighted by atomic mass is 79.9. The lowest BCUT2D eigenvalue weighted by Crippen LogP contribution is -2.40. The van der Waals surface area contributed by atoms with Crippen LogP contribution in [-0.2, 0) is 5.60 Å². The van der Waals surface area contributed by atoms with Crippen molar-refractivity contribution in [1.29, 1.82) is 0 Å². The van der Waals surface area contributed by atoms with E-state index in [1.54, 1.807) is 0 Å². The minimum absolute atomic E-state index is 0.0411. The lowest BCUT2D eigenvalue weighted by atomic mass is 9.74. The van der Waals surface area contributed by atoms with Gasteiger partial charge in [-0.2, -0.15) is 0 Å². The molecule has 2 aromatic carbocycles. The molecule has 0 amide bonds. The average molecular weight is 462 g/mol. The van der Waals surface area contributed by atoms with Gasteiger partial charge in [0.2, 0.25) is 0 Å². The zero-order chi connectivity index (χ0) is 21.0. The van der Waals surface area contributed by atoms with Crippen molar-refractivity contribution in [3.63, 3.8) is 0 Å². The molecule has 2 aromatic rings. The van der Waals surface area contributed by atoms with Crippen LogP contribution in [0.25, 0.3) is 0 Å². The Hall–Kier alpha value is -1.20. The third kappa shape index (κ3) is 7.53. The van der Waals surface area contributed by atoms with Gasteiger partial charge in [0.1, 0.15) is 0 Å². The van der Waals surface area contributed by atoms with Gasteiger partial charge in [0, 0.05) is 23.5 Å². The number of unbranched alkanes of at least 4 members (excludes halogenated alkanes) is 4. The number of rotatable bonds is 14. The molecule has 29 heavy (non-hydrogen) atoms. The van der Waals surface area contributed by atoms with E-state index in [0.717, 1.165) is 54.2 Å². The first kappa shape index (κ1) is 24.1. The molecule has 2 rings (SSSR count). The van der Waals surface area contributed by atoms with Crippen LogP contribution in [0.5, 0.6) is 0 Å². The highest BCUT2D eigenvalue weighted by Crippen LogP contribution is 2.41. The van der Waals surface area contributed by atoms with E-state index in [9.17, 15) is 5.11 Å². The summed E-state index contributed by atoms with van der Waals surface area (Å²) in [4.78, 5) is 0. The van der Waals surface area contributed by atoms with E-state index < -0.39 is 5.60 Å². The Morgan fingerprint density at radius 3 is 2.31 bits per heavy atom. The first-order valence-corrected chi connectivity index (χ1v) is 11.8. The average Bonchev–Trinajstić information content (AvgIpc) is 2.75. The van der Waals surface area contributed by atoms with E-state index in [1.807, 2.05) is 42.5 Å². The summed E-state index contributed by atoms with van der Waals surface area (Å²) in [5.74, 6) is -0.0411. The topological polar surface area (TPSA) is 52.5 Å². The SMILES string of the molecule is CCCCCC[C@@](O)(c1ccc(Br)cc1)[C@H](CNCCCCO)c1ccccc1. The van der Waals surface area contributed by atoms with Crippen molar-refractivity contribution in [3.8, 4) is 0 Å². The Morgan fingerprint density at radius 2 is 1.66 bits per heavy atom. The summed E-state index contributed by atoms with van der Waals surface area (Å²) < 4.78 is 1.02. The summed E-state index contributed by atoms with van der Waals surface area (Å²) in [6, 6.07) is 18.5. The molecule has 160 valence electrons. The predicted molar refractivity (Wildman–Crippen MR) is 125 cm³/mol. The number of aliphatic hydroxyl groups excluding tert-OH is 1. The molecule has 0 spiro atoms. The summed E-state index contributed by atoms with van der Waals surface area (Å²) in [6.07, 6.45) is 7.01. The minimum atomic E-state index is -0.931. The summed E-state index contributed by atoms with van der Waals surface area (Å²) in [5.41, 5.74) is 1.20. The van der Waals surface area contributed by atoms with Crippen LogP contribution in [-0.4, -0.2) is 29.9 Å². The summed E-state index contributed by atoms with van der Waals surface area (Å²) in [7, 11) is 0. The molecule has 0 fully saturated rings. The van der Waals surface area contributed by atoms with Gasteiger partial charge in [0.15, 0.2) is 0 Å². The molecule has 0 radical (unpaired) electrons. The second kappa shape index (κ2) is 13.2. The number of benzene rings is 2. The van der Waals surface area contributed by atoms with Gasteiger partial charge in [-0.25, -0.2) is 0 Å². The van der Waals surface area contributed by atoms with Gasteiger partial charge in [-0.15, -0.1) is 0 Å². The number of hydrogen-bond acceptors (Lipinski definition) is 3. The van der Waals surface area contributed by atoms with Crippen molar-refractivity contribution in [2.75, 3.05) is 19.7 Å². The van der Waals surface area contributed by atoms with Gasteiger partial charge >= 0.3 is 0 Å². The molecular formula is C25H36BrNO2. The van der Waals surface area contributed by atoms with Crippen molar-refractivity contribution in [2.45, 2.75) is 63.4 Å². The largest absolute Gasteiger partial charge is 0.396 e. The standard InChI is InChI=1S/C25H36BrNO2/c1-2-3-4-8-17-25(29,22-13-15-23(26)16-14-22)24(20-27-18-9-10-19-28)21-11-6-5-7-12-21/h5-7,11-16,24,27-29H,2-4,8-10,17-20H2,1H3/t24-,25-/m1/s1. The molecule has 0 aliphatic rings. The van der Waals surface area contributed by atoms with Crippen molar-refractivity contribution in [3.05, 3.63) is 70.2 Å². The van der Waals surface area contributed by atoms with Crippen LogP contribution in [0.2, 0.25) is 0 Å². The van der Waals surface area contributed by atoms with Crippen LogP contribution in [0.3, 0.4) is 0 Å². The van der Waals surface area contributed by atoms with E-state index in [1.165, 1.54) is 12.8 Å². The van der Waals surface area contributed by atoms with Crippen molar-refractivity contribution < 1.29 is 10.2 Å². The zero-order valence-electron chi connectivity index (χ0n) is 17.6. The molecule has 0 saturated carbocycles. The molecule has 2 atom stereocenters. The normalized spacial score (nSPS) is 14.5. The van der Waals surface area contributed by atoms with Crippen LogP contribution in [0.15, 0.2) is 59.1 Å². The maximum absolute atomic E-state index is 12.1. The monoisotopic (exact) mass is 461 g/mol. The highest BCUT2D eigenvalue weighted by molar-refractivity contribution is 9.10. The Kier molecular flexibility index (Phi) is 10.9. The molecule has 4 heteroatoms. The predicted octanol–water partition coefficient (Wildman–Crippen LogP) is 5.75. The second-order valence-electron chi connectivity index (χ2n) is 7.84. The molecular weight excluding hydrogens is 426 g/mol. The summed E-state index contributed by atoms with van der Waals surface area (Å²) >= 11 is 3.52. The van der Waals surface area contributed by atoms with E-state index in [2.05, 4.69) is 40.3 Å². The van der Waals surface area contributed by atoms with Gasteiger partial charge in [-0.05, 0) is 49.1 Å². The van der Waals surface area contributed by atoms with Crippen molar-refractivity contribution in [1.82, 2.24) is 5.32 Å². The first-order valence-electron chi connectivity index (χ1n) is 11.0. The third-order valence-corrected chi connectivity index (χ3v) is 6.17. The molecule has 3 nitrogen and oxygen atoms in total. The lowest BCUT2D eigenvalue weighted by Gasteiger charge is -2.38. The molecule has 0 aliphatic carbocycles. The lowest BCUT2D eigenvalue weighted by molar-refractivity contribution is -0.00407. The van der Waals surface area contributed by atoms with Crippen LogP contribution in [0, 0.1) is 0 Å². The Balaban J connectivity index is 2.29. The third-order valence-electron chi connectivity index (χ3n) is 5.64. The van der Waals surface area contributed by atoms with Crippen LogP contribution >= 0.6 is 15.9 Å². The van der Waals surface area contributed by atoms with E-state index in [-0.39, 0.29) is 12.5 Å². The molecule has 0 heterocycles. The quantitative estimate of drug-likeness (QED) is 0.313. The van der Waals surface area contributed by atoms with E-state index >= 15 is 0 Å². The number of halogens is 1. The van der Waals surface area contributed by atoms with Gasteiger partial charge in [-0.1, -0.05) is 91.0 Å². The summed E-state index contributed by atoms with van der Waals surface area (Å²) in [5, 5.41) is 24.6. The van der Waals surface area contributed by atoms with Gasteiger partial charge in [0.05, 0.1) is 5.60 Å². The number of nitrogens with one attached hydrogen (secondary N) is 1. The summed E-state index contributed by atoms with van der Waals surface area (Å²) in [6.45, 7) is 3.99. The van der Waals surface area contributed by atoms with Crippen LogP contribution < -0.4 is 5.32 Å². The zero-order valence-corrected chi connectivity index (χ0v) is 19.2. The minimum Gasteiger partial charge on any atom is -0.396 e. The first-order chi connectivity index (χ1) is 14.1. The molecule has 3 N–H and O–H groups in total. The maximum atomic E-state index is 12.1. The van der Waals surface area contributed by atoms with Crippen molar-refractivity contribution in [2.24, 2.45) is 0 Å². The van der Waals surface area contributed by atoms with Crippen LogP contribution in [0.1, 0.15) is 68.9 Å².